The van der Waals surface area contributed by atoms with E-state index in [1.807, 2.05) is 18.3 Å². The molecule has 0 saturated heterocycles. The van der Waals surface area contributed by atoms with E-state index in [2.05, 4.69) is 20.7 Å². The standard InChI is InChI=1S/C27H27F3N6O4/c1-3-40-13-12-31-25(38)19-8-10-21(22(14-19)39-2)33-26-34-23-11-9-20(15-36(23)35-26)17-4-6-18(7-5-17)24(37)32-16-27(28,29)30/h4-11,14-15H,3,12-13,16H2,1-2H3,(H,31,38)(H,32,37)(H,33,35). The number of benzene rings is 2. The third kappa shape index (κ3) is 7.26. The first-order valence-electron chi connectivity index (χ1n) is 12.3. The lowest BCUT2D eigenvalue weighted by Gasteiger charge is -2.11. The number of alkyl halides is 3. The molecule has 4 rings (SSSR count). The van der Waals surface area contributed by atoms with E-state index in [-0.39, 0.29) is 11.5 Å². The number of carbonyl (C=O) groups excluding carboxylic acids is 2. The second-order valence-corrected chi connectivity index (χ2v) is 8.52. The van der Waals surface area contributed by atoms with Crippen molar-refractivity contribution in [1.82, 2.24) is 25.2 Å². The van der Waals surface area contributed by atoms with Gasteiger partial charge in [0.15, 0.2) is 5.65 Å². The monoisotopic (exact) mass is 556 g/mol. The molecule has 0 aliphatic heterocycles. The zero-order valence-corrected chi connectivity index (χ0v) is 21.7. The summed E-state index contributed by atoms with van der Waals surface area (Å²) in [5, 5.41) is 12.2. The molecule has 0 aliphatic carbocycles. The van der Waals surface area contributed by atoms with Crippen molar-refractivity contribution in [2.24, 2.45) is 0 Å². The summed E-state index contributed by atoms with van der Waals surface area (Å²) >= 11 is 0. The van der Waals surface area contributed by atoms with E-state index in [0.29, 0.717) is 48.4 Å². The van der Waals surface area contributed by atoms with E-state index < -0.39 is 18.6 Å². The summed E-state index contributed by atoms with van der Waals surface area (Å²) in [6, 6.07) is 14.7. The fourth-order valence-corrected chi connectivity index (χ4v) is 3.74. The largest absolute Gasteiger partial charge is 0.495 e. The summed E-state index contributed by atoms with van der Waals surface area (Å²) in [5.41, 5.74) is 3.14. The maximum atomic E-state index is 12.4. The van der Waals surface area contributed by atoms with Gasteiger partial charge in [-0.15, -0.1) is 5.10 Å². The molecule has 3 N–H and O–H groups in total. The lowest BCUT2D eigenvalue weighted by Crippen LogP contribution is -2.33. The molecule has 210 valence electrons. The van der Waals surface area contributed by atoms with Crippen LogP contribution in [0.4, 0.5) is 24.8 Å². The van der Waals surface area contributed by atoms with E-state index in [4.69, 9.17) is 9.47 Å². The van der Waals surface area contributed by atoms with Crippen LogP contribution in [0.2, 0.25) is 0 Å². The number of pyridine rings is 1. The van der Waals surface area contributed by atoms with Gasteiger partial charge in [0.1, 0.15) is 12.3 Å². The summed E-state index contributed by atoms with van der Waals surface area (Å²) in [6.07, 6.45) is -2.75. The number of rotatable bonds is 11. The van der Waals surface area contributed by atoms with Crippen molar-refractivity contribution in [1.29, 1.82) is 0 Å². The summed E-state index contributed by atoms with van der Waals surface area (Å²) in [4.78, 5) is 28.8. The average Bonchev–Trinajstić information content (AvgIpc) is 3.35. The number of nitrogens with one attached hydrogen (secondary N) is 3. The summed E-state index contributed by atoms with van der Waals surface area (Å²) in [7, 11) is 1.49. The Morgan fingerprint density at radius 2 is 1.65 bits per heavy atom. The smallest absolute Gasteiger partial charge is 0.405 e. The first-order valence-corrected chi connectivity index (χ1v) is 12.3. The fraction of sp³-hybridized carbons (Fsp3) is 0.259. The summed E-state index contributed by atoms with van der Waals surface area (Å²) in [6.45, 7) is 1.88. The van der Waals surface area contributed by atoms with Gasteiger partial charge >= 0.3 is 6.18 Å². The molecular formula is C27H27F3N6O4. The molecule has 0 aliphatic rings. The molecule has 0 fully saturated rings. The molecule has 0 unspecified atom stereocenters. The molecular weight excluding hydrogens is 529 g/mol. The molecule has 0 atom stereocenters. The highest BCUT2D eigenvalue weighted by Gasteiger charge is 2.27. The second-order valence-electron chi connectivity index (χ2n) is 8.52. The van der Waals surface area contributed by atoms with Gasteiger partial charge in [-0.3, -0.25) is 9.59 Å². The Kier molecular flexibility index (Phi) is 8.84. The number of amides is 2. The van der Waals surface area contributed by atoms with E-state index in [1.54, 1.807) is 47.1 Å². The van der Waals surface area contributed by atoms with Crippen LogP contribution in [0, 0.1) is 0 Å². The highest BCUT2D eigenvalue weighted by molar-refractivity contribution is 5.95. The molecule has 4 aromatic rings. The van der Waals surface area contributed by atoms with E-state index >= 15 is 0 Å². The van der Waals surface area contributed by atoms with Gasteiger partial charge in [0.05, 0.1) is 19.4 Å². The van der Waals surface area contributed by atoms with Crippen LogP contribution in [0.1, 0.15) is 27.6 Å². The van der Waals surface area contributed by atoms with Crippen LogP contribution in [0.25, 0.3) is 16.8 Å². The lowest BCUT2D eigenvalue weighted by molar-refractivity contribution is -0.123. The number of methoxy groups -OCH3 is 1. The number of aromatic nitrogens is 3. The molecule has 2 heterocycles. The van der Waals surface area contributed by atoms with Crippen LogP contribution in [-0.4, -0.2) is 66.0 Å². The zero-order valence-electron chi connectivity index (χ0n) is 21.7. The van der Waals surface area contributed by atoms with Gasteiger partial charge in [0.2, 0.25) is 5.95 Å². The predicted molar refractivity (Wildman–Crippen MR) is 142 cm³/mol. The molecule has 2 amide bonds. The molecule has 0 saturated carbocycles. The highest BCUT2D eigenvalue weighted by Crippen LogP contribution is 2.28. The van der Waals surface area contributed by atoms with Gasteiger partial charge in [0, 0.05) is 36.0 Å². The van der Waals surface area contributed by atoms with E-state index in [9.17, 15) is 22.8 Å². The maximum absolute atomic E-state index is 12.4. The van der Waals surface area contributed by atoms with Crippen molar-refractivity contribution < 1.29 is 32.2 Å². The third-order valence-corrected chi connectivity index (χ3v) is 5.71. The van der Waals surface area contributed by atoms with Gasteiger partial charge < -0.3 is 25.4 Å². The van der Waals surface area contributed by atoms with Gasteiger partial charge in [-0.05, 0) is 55.0 Å². The first kappa shape index (κ1) is 28.4. The van der Waals surface area contributed by atoms with Gasteiger partial charge in [-0.25, -0.2) is 4.52 Å². The molecule has 0 bridgehead atoms. The minimum atomic E-state index is -4.48. The number of carbonyl (C=O) groups is 2. The van der Waals surface area contributed by atoms with Crippen LogP contribution >= 0.6 is 0 Å². The van der Waals surface area contributed by atoms with E-state index in [0.717, 1.165) is 11.1 Å². The number of hydrogen-bond donors (Lipinski definition) is 3. The van der Waals surface area contributed by atoms with Crippen molar-refractivity contribution in [3.05, 3.63) is 71.9 Å². The summed E-state index contributed by atoms with van der Waals surface area (Å²) in [5.74, 6) is -0.340. The van der Waals surface area contributed by atoms with E-state index in [1.165, 1.54) is 19.2 Å². The Morgan fingerprint density at radius 3 is 2.35 bits per heavy atom. The van der Waals surface area contributed by atoms with Crippen LogP contribution in [-0.2, 0) is 4.74 Å². The molecule has 0 spiro atoms. The van der Waals surface area contributed by atoms with Gasteiger partial charge in [-0.2, -0.15) is 18.2 Å². The molecule has 40 heavy (non-hydrogen) atoms. The lowest BCUT2D eigenvalue weighted by atomic mass is 10.1. The SMILES string of the molecule is CCOCCNC(=O)c1ccc(Nc2nc3ccc(-c4ccc(C(=O)NCC(F)(F)F)cc4)cn3n2)c(OC)c1. The Morgan fingerprint density at radius 1 is 0.950 bits per heavy atom. The van der Waals surface area contributed by atoms with Crippen LogP contribution < -0.4 is 20.7 Å². The molecule has 2 aromatic carbocycles. The first-order chi connectivity index (χ1) is 19.2. The normalized spacial score (nSPS) is 11.3. The predicted octanol–water partition coefficient (Wildman–Crippen LogP) is 4.21. The zero-order chi connectivity index (χ0) is 28.7. The number of ether oxygens (including phenoxy) is 2. The Hall–Kier alpha value is -4.65. The molecule has 2 aromatic heterocycles. The fourth-order valence-electron chi connectivity index (χ4n) is 3.74. The quantitative estimate of drug-likeness (QED) is 0.237. The topological polar surface area (TPSA) is 119 Å². The van der Waals surface area contributed by atoms with Crippen LogP contribution in [0.5, 0.6) is 5.75 Å². The Balaban J connectivity index is 1.45. The van der Waals surface area contributed by atoms with Gasteiger partial charge in [0.25, 0.3) is 11.8 Å². The van der Waals surface area contributed by atoms with Crippen molar-refractivity contribution >= 4 is 29.1 Å². The Bertz CT molecular complexity index is 1490. The van der Waals surface area contributed by atoms with Gasteiger partial charge in [-0.1, -0.05) is 12.1 Å². The third-order valence-electron chi connectivity index (χ3n) is 5.71. The number of nitrogens with zero attached hydrogens (tertiary/aromatic N) is 3. The Labute approximate surface area is 227 Å². The average molecular weight is 557 g/mol. The minimum absolute atomic E-state index is 0.115. The maximum Gasteiger partial charge on any atom is 0.405 e. The van der Waals surface area contributed by atoms with Crippen LogP contribution in [0.3, 0.4) is 0 Å². The number of fused-ring (bicyclic) bond motifs is 1. The number of hydrogen-bond acceptors (Lipinski definition) is 7. The number of halogens is 3. The second kappa shape index (κ2) is 12.5. The van der Waals surface area contributed by atoms with Crippen molar-refractivity contribution in [2.45, 2.75) is 13.1 Å². The van der Waals surface area contributed by atoms with Crippen molar-refractivity contribution in [3.8, 4) is 16.9 Å². The highest BCUT2D eigenvalue weighted by atomic mass is 19.4. The summed E-state index contributed by atoms with van der Waals surface area (Å²) < 4.78 is 49.3. The molecule has 10 nitrogen and oxygen atoms in total. The number of anilines is 2. The van der Waals surface area contributed by atoms with Crippen LogP contribution in [0.15, 0.2) is 60.8 Å². The van der Waals surface area contributed by atoms with Crippen molar-refractivity contribution in [2.75, 3.05) is 38.7 Å². The molecule has 13 heteroatoms. The minimum Gasteiger partial charge on any atom is -0.495 e. The molecule has 0 radical (unpaired) electrons. The van der Waals surface area contributed by atoms with Crippen molar-refractivity contribution in [3.63, 3.8) is 0 Å².